The van der Waals surface area contributed by atoms with Crippen molar-refractivity contribution in [3.63, 3.8) is 0 Å². The Hall–Kier alpha value is -0.423. The van der Waals surface area contributed by atoms with Crippen LogP contribution in [0.2, 0.25) is 18.1 Å². The molecule has 1 atom stereocenters. The Morgan fingerprint density at radius 3 is 2.20 bits per heavy atom. The molecule has 0 amide bonds. The zero-order valence-electron chi connectivity index (χ0n) is 10.1. The number of alkyl halides is 1. The minimum Gasteiger partial charge on any atom is -0.481 e. The van der Waals surface area contributed by atoms with Crippen molar-refractivity contribution in [3.05, 3.63) is 0 Å². The maximum atomic E-state index is 12.6. The van der Waals surface area contributed by atoms with Crippen LogP contribution in [0.15, 0.2) is 0 Å². The fraction of sp³-hybridized carbons (Fsp3) is 0.900. The summed E-state index contributed by atoms with van der Waals surface area (Å²) in [7, 11) is -2.06. The molecule has 0 aromatic heterocycles. The van der Waals surface area contributed by atoms with Gasteiger partial charge in [0, 0.05) is 0 Å². The minimum atomic E-state index is -2.06. The number of carbonyl (C=O) groups is 1. The maximum Gasteiger partial charge on any atom is 0.306 e. The zero-order valence-corrected chi connectivity index (χ0v) is 11.1. The number of carboxylic acids is 1. The summed E-state index contributed by atoms with van der Waals surface area (Å²) in [4.78, 5) is 10.5. The molecule has 0 aromatic carbocycles. The number of rotatable bonds is 5. The van der Waals surface area contributed by atoms with Gasteiger partial charge in [-0.25, -0.2) is 4.39 Å². The summed E-state index contributed by atoms with van der Waals surface area (Å²) in [5.41, 5.74) is 0. The van der Waals surface area contributed by atoms with Gasteiger partial charge in [0.2, 0.25) is 0 Å². The third-order valence-electron chi connectivity index (χ3n) is 2.84. The first-order valence-electron chi connectivity index (χ1n) is 5.05. The second kappa shape index (κ2) is 5.07. The van der Waals surface area contributed by atoms with E-state index < -0.39 is 27.1 Å². The lowest BCUT2D eigenvalue weighted by Gasteiger charge is -2.38. The highest BCUT2D eigenvalue weighted by Crippen LogP contribution is 2.37. The van der Waals surface area contributed by atoms with E-state index in [0.29, 0.717) is 0 Å². The van der Waals surface area contributed by atoms with Crippen LogP contribution in [0.3, 0.4) is 0 Å². The van der Waals surface area contributed by atoms with Crippen LogP contribution >= 0.6 is 0 Å². The molecule has 0 fully saturated rings. The fourth-order valence-corrected chi connectivity index (χ4v) is 2.25. The van der Waals surface area contributed by atoms with Crippen LogP contribution in [0, 0.1) is 0 Å². The normalized spacial score (nSPS) is 15.1. The van der Waals surface area contributed by atoms with Gasteiger partial charge in [-0.2, -0.15) is 0 Å². The van der Waals surface area contributed by atoms with E-state index in [1.165, 1.54) is 0 Å². The molecule has 0 aliphatic carbocycles. The molecule has 0 radical (unpaired) electrons. The summed E-state index contributed by atoms with van der Waals surface area (Å²) in [5, 5.41) is 8.55. The van der Waals surface area contributed by atoms with E-state index in [-0.39, 0.29) is 11.5 Å². The van der Waals surface area contributed by atoms with Crippen molar-refractivity contribution >= 4 is 14.3 Å². The van der Waals surface area contributed by atoms with Gasteiger partial charge in [0.15, 0.2) is 8.32 Å². The highest BCUT2D eigenvalue weighted by molar-refractivity contribution is 6.74. The third kappa shape index (κ3) is 4.75. The molecule has 0 unspecified atom stereocenters. The Kier molecular flexibility index (Phi) is 4.93. The first kappa shape index (κ1) is 14.6. The van der Waals surface area contributed by atoms with Gasteiger partial charge < -0.3 is 9.53 Å². The van der Waals surface area contributed by atoms with E-state index in [2.05, 4.69) is 0 Å². The lowest BCUT2D eigenvalue weighted by Crippen LogP contribution is -2.45. The van der Waals surface area contributed by atoms with Crippen LogP contribution < -0.4 is 0 Å². The quantitative estimate of drug-likeness (QED) is 0.747. The largest absolute Gasteiger partial charge is 0.481 e. The van der Waals surface area contributed by atoms with E-state index in [9.17, 15) is 9.18 Å². The van der Waals surface area contributed by atoms with Crippen LogP contribution in [0.4, 0.5) is 4.39 Å². The summed E-state index contributed by atoms with van der Waals surface area (Å²) >= 11 is 0. The summed E-state index contributed by atoms with van der Waals surface area (Å²) in [5.74, 6) is -1.02. The number of hydrogen-bond acceptors (Lipinski definition) is 2. The van der Waals surface area contributed by atoms with Crippen molar-refractivity contribution in [1.29, 1.82) is 0 Å². The average Bonchev–Trinajstić information content (AvgIpc) is 1.99. The zero-order chi connectivity index (χ0) is 12.3. The summed E-state index contributed by atoms with van der Waals surface area (Å²) in [6.07, 6.45) is -1.06. The molecule has 3 nitrogen and oxygen atoms in total. The monoisotopic (exact) mass is 236 g/mol. The molecule has 0 saturated carbocycles. The Morgan fingerprint density at radius 1 is 1.47 bits per heavy atom. The van der Waals surface area contributed by atoms with E-state index in [4.69, 9.17) is 9.53 Å². The van der Waals surface area contributed by atoms with Gasteiger partial charge >= 0.3 is 5.97 Å². The molecule has 15 heavy (non-hydrogen) atoms. The van der Waals surface area contributed by atoms with Crippen molar-refractivity contribution in [2.75, 3.05) is 6.67 Å². The van der Waals surface area contributed by atoms with Gasteiger partial charge in [0.05, 0.1) is 12.5 Å². The maximum absolute atomic E-state index is 12.6. The number of carboxylic acid groups (broad SMARTS) is 1. The van der Waals surface area contributed by atoms with Gasteiger partial charge in [-0.3, -0.25) is 4.79 Å². The minimum absolute atomic E-state index is 0.0288. The molecule has 90 valence electrons. The summed E-state index contributed by atoms with van der Waals surface area (Å²) in [6.45, 7) is 9.34. The lowest BCUT2D eigenvalue weighted by molar-refractivity contribution is -0.139. The van der Waals surface area contributed by atoms with Gasteiger partial charge in [0.25, 0.3) is 0 Å². The van der Waals surface area contributed by atoms with Crippen LogP contribution in [-0.4, -0.2) is 32.2 Å². The first-order valence-corrected chi connectivity index (χ1v) is 7.96. The molecule has 0 rings (SSSR count). The molecule has 0 heterocycles. The Morgan fingerprint density at radius 2 is 1.93 bits per heavy atom. The molecular formula is C10H21FO3Si. The molecule has 0 spiro atoms. The van der Waals surface area contributed by atoms with Crippen LogP contribution in [0.25, 0.3) is 0 Å². The molecule has 0 aliphatic rings. The number of halogens is 1. The molecule has 0 saturated heterocycles. The van der Waals surface area contributed by atoms with Crippen molar-refractivity contribution in [1.82, 2.24) is 0 Å². The van der Waals surface area contributed by atoms with Crippen molar-refractivity contribution in [3.8, 4) is 0 Å². The highest BCUT2D eigenvalue weighted by atomic mass is 28.4. The second-order valence-electron chi connectivity index (χ2n) is 5.25. The van der Waals surface area contributed by atoms with E-state index in [1.807, 2.05) is 33.9 Å². The third-order valence-corrected chi connectivity index (χ3v) is 7.38. The van der Waals surface area contributed by atoms with Crippen LogP contribution in [-0.2, 0) is 9.22 Å². The van der Waals surface area contributed by atoms with Crippen LogP contribution in [0.5, 0.6) is 0 Å². The molecule has 1 N–H and O–H groups in total. The number of hydrogen-bond donors (Lipinski definition) is 1. The molecule has 5 heteroatoms. The van der Waals surface area contributed by atoms with Crippen molar-refractivity contribution in [2.24, 2.45) is 0 Å². The van der Waals surface area contributed by atoms with E-state index in [1.54, 1.807) is 0 Å². The van der Waals surface area contributed by atoms with Crippen molar-refractivity contribution < 1.29 is 18.7 Å². The highest BCUT2D eigenvalue weighted by Gasteiger charge is 2.39. The standard InChI is InChI=1S/C10H21FO3Si/c1-10(2,3)15(4,5)14-8(7-11)6-9(12)13/h8H,6-7H2,1-5H3,(H,12,13)/t8-/m0/s1. The molecular weight excluding hydrogens is 215 g/mol. The van der Waals surface area contributed by atoms with Crippen molar-refractivity contribution in [2.45, 2.75) is 51.4 Å². The lowest BCUT2D eigenvalue weighted by atomic mass is 10.2. The van der Waals surface area contributed by atoms with Gasteiger partial charge in [-0.05, 0) is 18.1 Å². The van der Waals surface area contributed by atoms with E-state index in [0.717, 1.165) is 0 Å². The Balaban J connectivity index is 4.47. The fourth-order valence-electron chi connectivity index (χ4n) is 0.916. The number of aliphatic carboxylic acids is 1. The topological polar surface area (TPSA) is 46.5 Å². The smallest absolute Gasteiger partial charge is 0.306 e. The predicted octanol–water partition coefficient (Wildman–Crippen LogP) is 2.82. The second-order valence-corrected chi connectivity index (χ2v) is 10.0. The summed E-state index contributed by atoms with van der Waals surface area (Å²) < 4.78 is 18.2. The predicted molar refractivity (Wildman–Crippen MR) is 60.3 cm³/mol. The average molecular weight is 236 g/mol. The Labute approximate surface area is 91.8 Å². The first-order chi connectivity index (χ1) is 6.60. The SMILES string of the molecule is CC(C)(C)[Si](C)(C)O[C@H](CF)CC(=O)O. The van der Waals surface area contributed by atoms with Crippen LogP contribution in [0.1, 0.15) is 27.2 Å². The Bertz CT molecular complexity index is 223. The summed E-state index contributed by atoms with van der Waals surface area (Å²) in [6, 6.07) is 0. The molecule has 0 aromatic rings. The molecule has 0 aliphatic heterocycles. The van der Waals surface area contributed by atoms with E-state index >= 15 is 0 Å². The van der Waals surface area contributed by atoms with Gasteiger partial charge in [-0.15, -0.1) is 0 Å². The van der Waals surface area contributed by atoms with Gasteiger partial charge in [-0.1, -0.05) is 20.8 Å². The van der Waals surface area contributed by atoms with Gasteiger partial charge in [0.1, 0.15) is 6.67 Å². The molecule has 0 bridgehead atoms.